The lowest BCUT2D eigenvalue weighted by molar-refractivity contribution is -0.126. The fourth-order valence-corrected chi connectivity index (χ4v) is 3.74. The summed E-state index contributed by atoms with van der Waals surface area (Å²) < 4.78 is 26.7. The molecule has 2 aliphatic heterocycles. The number of ether oxygens (including phenoxy) is 5. The number of hydrogen-bond donors (Lipinski definition) is 1. The molecule has 1 N–H and O–H groups in total. The lowest BCUT2D eigenvalue weighted by Crippen LogP contribution is -2.32. The van der Waals surface area contributed by atoms with Crippen molar-refractivity contribution in [3.05, 3.63) is 35.9 Å². The molecule has 0 unspecified atom stereocenters. The summed E-state index contributed by atoms with van der Waals surface area (Å²) in [4.78, 5) is 26.9. The Hall–Kier alpha value is -3.62. The van der Waals surface area contributed by atoms with Crippen LogP contribution in [0.4, 0.5) is 5.69 Å². The van der Waals surface area contributed by atoms with Crippen LogP contribution in [0.1, 0.15) is 12.0 Å². The van der Waals surface area contributed by atoms with Crippen molar-refractivity contribution in [2.45, 2.75) is 13.0 Å². The number of nitrogens with one attached hydrogen (secondary N) is 1. The van der Waals surface area contributed by atoms with Crippen LogP contribution in [0.25, 0.3) is 0 Å². The highest BCUT2D eigenvalue weighted by Crippen LogP contribution is 2.37. The SMILES string of the molecule is COc1cc(OC)c(OC)cc1CNC(=O)[C@H]1CC(=O)N(c2ccc3c(c2)OCO3)C1. The van der Waals surface area contributed by atoms with Crippen LogP contribution < -0.4 is 33.9 Å². The molecule has 0 aromatic heterocycles. The van der Waals surface area contributed by atoms with Gasteiger partial charge in [0.05, 0.1) is 27.2 Å². The van der Waals surface area contributed by atoms with E-state index in [9.17, 15) is 9.59 Å². The fourth-order valence-electron chi connectivity index (χ4n) is 3.74. The Kier molecular flexibility index (Phi) is 5.75. The zero-order chi connectivity index (χ0) is 22.0. The van der Waals surface area contributed by atoms with Gasteiger partial charge >= 0.3 is 0 Å². The van der Waals surface area contributed by atoms with Crippen molar-refractivity contribution in [2.24, 2.45) is 5.92 Å². The van der Waals surface area contributed by atoms with Gasteiger partial charge in [-0.05, 0) is 18.2 Å². The summed E-state index contributed by atoms with van der Waals surface area (Å²) in [6.07, 6.45) is 0.142. The number of carbonyl (C=O) groups is 2. The monoisotopic (exact) mass is 428 g/mol. The molecule has 0 bridgehead atoms. The number of benzene rings is 2. The number of methoxy groups -OCH3 is 3. The average molecular weight is 428 g/mol. The Morgan fingerprint density at radius 3 is 2.48 bits per heavy atom. The first kappa shape index (κ1) is 20.6. The molecule has 1 fully saturated rings. The van der Waals surface area contributed by atoms with Crippen molar-refractivity contribution < 1.29 is 33.3 Å². The summed E-state index contributed by atoms with van der Waals surface area (Å²) in [7, 11) is 4.63. The molecular formula is C22H24N2O7. The van der Waals surface area contributed by atoms with Gasteiger partial charge in [-0.15, -0.1) is 0 Å². The minimum Gasteiger partial charge on any atom is -0.496 e. The van der Waals surface area contributed by atoms with Crippen molar-refractivity contribution in [2.75, 3.05) is 39.6 Å². The van der Waals surface area contributed by atoms with E-state index in [1.54, 1.807) is 56.6 Å². The van der Waals surface area contributed by atoms with Crippen LogP contribution in [0.5, 0.6) is 28.7 Å². The van der Waals surface area contributed by atoms with Crippen molar-refractivity contribution in [3.63, 3.8) is 0 Å². The topological polar surface area (TPSA) is 95.6 Å². The second-order valence-electron chi connectivity index (χ2n) is 7.18. The van der Waals surface area contributed by atoms with E-state index < -0.39 is 5.92 Å². The number of rotatable bonds is 7. The number of nitrogens with zero attached hydrogens (tertiary/aromatic N) is 1. The van der Waals surface area contributed by atoms with Crippen molar-refractivity contribution >= 4 is 17.5 Å². The standard InChI is InChI=1S/C22H24N2O7/c1-27-17-9-19(29-3)18(28-2)6-13(17)10-23-22(26)14-7-21(25)24(11-14)15-4-5-16-20(8-15)31-12-30-16/h4-6,8-9,14H,7,10-12H2,1-3H3,(H,23,26)/t14-/m0/s1. The minimum absolute atomic E-state index is 0.109. The van der Waals surface area contributed by atoms with Gasteiger partial charge in [-0.1, -0.05) is 0 Å². The van der Waals surface area contributed by atoms with Gasteiger partial charge in [-0.2, -0.15) is 0 Å². The highest BCUT2D eigenvalue weighted by atomic mass is 16.7. The van der Waals surface area contributed by atoms with Crippen LogP contribution in [0.3, 0.4) is 0 Å². The quantitative estimate of drug-likeness (QED) is 0.722. The third kappa shape index (κ3) is 4.03. The Balaban J connectivity index is 1.42. The summed E-state index contributed by atoms with van der Waals surface area (Å²) in [5, 5.41) is 2.90. The Morgan fingerprint density at radius 1 is 1.03 bits per heavy atom. The van der Waals surface area contributed by atoms with Crippen LogP contribution in [-0.4, -0.2) is 46.5 Å². The first-order chi connectivity index (χ1) is 15.0. The molecule has 4 rings (SSSR count). The first-order valence-electron chi connectivity index (χ1n) is 9.80. The molecule has 9 nitrogen and oxygen atoms in total. The molecule has 2 aromatic carbocycles. The average Bonchev–Trinajstić information content (AvgIpc) is 3.42. The predicted molar refractivity (Wildman–Crippen MR) is 111 cm³/mol. The second kappa shape index (κ2) is 8.63. The number of anilines is 1. The first-order valence-corrected chi connectivity index (χ1v) is 9.80. The molecule has 0 aliphatic carbocycles. The minimum atomic E-state index is -0.455. The van der Waals surface area contributed by atoms with E-state index in [0.29, 0.717) is 41.0 Å². The van der Waals surface area contributed by atoms with Crippen molar-refractivity contribution in [3.8, 4) is 28.7 Å². The van der Waals surface area contributed by atoms with Crippen LogP contribution in [0.15, 0.2) is 30.3 Å². The van der Waals surface area contributed by atoms with Crippen molar-refractivity contribution in [1.82, 2.24) is 5.32 Å². The molecule has 0 radical (unpaired) electrons. The van der Waals surface area contributed by atoms with Gasteiger partial charge < -0.3 is 33.9 Å². The largest absolute Gasteiger partial charge is 0.496 e. The number of amides is 2. The number of hydrogen-bond acceptors (Lipinski definition) is 7. The third-order valence-corrected chi connectivity index (χ3v) is 5.40. The van der Waals surface area contributed by atoms with E-state index in [-0.39, 0.29) is 31.6 Å². The fraction of sp³-hybridized carbons (Fsp3) is 0.364. The van der Waals surface area contributed by atoms with Crippen LogP contribution in [0.2, 0.25) is 0 Å². The smallest absolute Gasteiger partial charge is 0.231 e. The molecule has 2 heterocycles. The van der Waals surface area contributed by atoms with E-state index in [1.165, 1.54) is 0 Å². The molecule has 1 saturated heterocycles. The summed E-state index contributed by atoms with van der Waals surface area (Å²) in [6.45, 7) is 0.696. The Bertz CT molecular complexity index is 1010. The van der Waals surface area contributed by atoms with Gasteiger partial charge in [0.1, 0.15) is 5.75 Å². The van der Waals surface area contributed by atoms with Gasteiger partial charge in [0.15, 0.2) is 23.0 Å². The third-order valence-electron chi connectivity index (χ3n) is 5.40. The summed E-state index contributed by atoms with van der Waals surface area (Å²) in [5.74, 6) is 2.13. The summed E-state index contributed by atoms with van der Waals surface area (Å²) >= 11 is 0. The van der Waals surface area contributed by atoms with Crippen LogP contribution >= 0.6 is 0 Å². The molecule has 0 spiro atoms. The lowest BCUT2D eigenvalue weighted by Gasteiger charge is -2.18. The zero-order valence-corrected chi connectivity index (χ0v) is 17.6. The summed E-state index contributed by atoms with van der Waals surface area (Å²) in [6, 6.07) is 8.79. The second-order valence-corrected chi connectivity index (χ2v) is 7.18. The molecule has 2 aromatic rings. The molecular weight excluding hydrogens is 404 g/mol. The Morgan fingerprint density at radius 2 is 1.74 bits per heavy atom. The zero-order valence-electron chi connectivity index (χ0n) is 17.6. The van der Waals surface area contributed by atoms with E-state index in [2.05, 4.69) is 5.32 Å². The van der Waals surface area contributed by atoms with E-state index in [1.807, 2.05) is 0 Å². The van der Waals surface area contributed by atoms with Gasteiger partial charge in [0, 0.05) is 42.9 Å². The molecule has 1 atom stereocenters. The van der Waals surface area contributed by atoms with Gasteiger partial charge in [0.25, 0.3) is 0 Å². The van der Waals surface area contributed by atoms with E-state index in [0.717, 1.165) is 5.56 Å². The van der Waals surface area contributed by atoms with E-state index >= 15 is 0 Å². The van der Waals surface area contributed by atoms with Crippen LogP contribution in [0, 0.1) is 5.92 Å². The predicted octanol–water partition coefficient (Wildman–Crippen LogP) is 2.11. The number of carbonyl (C=O) groups excluding carboxylic acids is 2. The molecule has 31 heavy (non-hydrogen) atoms. The normalized spacial score (nSPS) is 16.9. The molecule has 164 valence electrons. The van der Waals surface area contributed by atoms with Gasteiger partial charge in [-0.3, -0.25) is 9.59 Å². The molecule has 9 heteroatoms. The molecule has 2 amide bonds. The Labute approximate surface area is 179 Å². The van der Waals surface area contributed by atoms with Crippen LogP contribution in [-0.2, 0) is 16.1 Å². The van der Waals surface area contributed by atoms with Gasteiger partial charge in [0.2, 0.25) is 18.6 Å². The maximum Gasteiger partial charge on any atom is 0.231 e. The van der Waals surface area contributed by atoms with Crippen molar-refractivity contribution in [1.29, 1.82) is 0 Å². The number of fused-ring (bicyclic) bond motifs is 1. The van der Waals surface area contributed by atoms with Gasteiger partial charge in [-0.25, -0.2) is 0 Å². The highest BCUT2D eigenvalue weighted by Gasteiger charge is 2.35. The molecule has 2 aliphatic rings. The summed E-state index contributed by atoms with van der Waals surface area (Å²) in [5.41, 5.74) is 1.43. The molecule has 0 saturated carbocycles. The lowest BCUT2D eigenvalue weighted by atomic mass is 10.1. The maximum atomic E-state index is 12.8. The maximum absolute atomic E-state index is 12.8. The van der Waals surface area contributed by atoms with E-state index in [4.69, 9.17) is 23.7 Å². The highest BCUT2D eigenvalue weighted by molar-refractivity contribution is 6.00.